The van der Waals surface area contributed by atoms with Crippen LogP contribution in [0.25, 0.3) is 0 Å². The van der Waals surface area contributed by atoms with E-state index in [9.17, 15) is 18.0 Å². The number of nitrogens with one attached hydrogen (secondary N) is 1. The third-order valence-electron chi connectivity index (χ3n) is 7.46. The Morgan fingerprint density at radius 2 is 1.58 bits per heavy atom. The normalized spacial score (nSPS) is 12.7. The summed E-state index contributed by atoms with van der Waals surface area (Å²) in [5.41, 5.74) is 3.44. The predicted octanol–water partition coefficient (Wildman–Crippen LogP) is 5.49. The van der Waals surface area contributed by atoms with Crippen molar-refractivity contribution in [1.29, 1.82) is 0 Å². The van der Waals surface area contributed by atoms with E-state index in [2.05, 4.69) is 5.32 Å². The molecule has 3 aromatic carbocycles. The van der Waals surface area contributed by atoms with Gasteiger partial charge in [0.1, 0.15) is 11.8 Å². The Balaban J connectivity index is 1.88. The van der Waals surface area contributed by atoms with Crippen molar-refractivity contribution in [3.05, 3.63) is 95.6 Å². The first-order chi connectivity index (χ1) is 20.5. The molecule has 0 radical (unpaired) electrons. The largest absolute Gasteiger partial charge is 0.494 e. The van der Waals surface area contributed by atoms with Crippen molar-refractivity contribution in [2.45, 2.75) is 72.0 Å². The lowest BCUT2D eigenvalue weighted by Crippen LogP contribution is -2.52. The summed E-state index contributed by atoms with van der Waals surface area (Å²) in [6.07, 6.45) is 2.65. The van der Waals surface area contributed by atoms with Crippen molar-refractivity contribution < 1.29 is 22.7 Å². The first kappa shape index (κ1) is 33.6. The Morgan fingerprint density at radius 1 is 0.930 bits per heavy atom. The standard InChI is InChI=1S/C34H45N3O5S/c1-6-27(4)35-34(39)32(24-28-15-9-8-10-16-28)36(25-29-17-12-11-14-26(29)3)33(38)18-13-23-37(43(5,40)41)30-19-21-31(22-20-30)42-7-2/h8-12,14-17,19-22,27,32H,6-7,13,18,23-25H2,1-5H3,(H,35,39). The van der Waals surface area contributed by atoms with E-state index in [-0.39, 0.29) is 43.8 Å². The third kappa shape index (κ3) is 10.1. The molecule has 8 nitrogen and oxygen atoms in total. The van der Waals surface area contributed by atoms with E-state index in [1.54, 1.807) is 29.2 Å². The van der Waals surface area contributed by atoms with Crippen LogP contribution in [0.1, 0.15) is 56.7 Å². The number of benzene rings is 3. The van der Waals surface area contributed by atoms with Crippen LogP contribution in [-0.2, 0) is 32.6 Å². The molecule has 43 heavy (non-hydrogen) atoms. The molecule has 0 saturated carbocycles. The lowest BCUT2D eigenvalue weighted by atomic mass is 10.0. The number of carbonyl (C=O) groups excluding carboxylic acids is 2. The van der Waals surface area contributed by atoms with Gasteiger partial charge in [0.15, 0.2) is 0 Å². The topological polar surface area (TPSA) is 96.0 Å². The maximum Gasteiger partial charge on any atom is 0.243 e. The molecule has 0 saturated heterocycles. The van der Waals surface area contributed by atoms with Crippen molar-refractivity contribution >= 4 is 27.5 Å². The molecule has 0 heterocycles. The highest BCUT2D eigenvalue weighted by Crippen LogP contribution is 2.23. The molecule has 1 N–H and O–H groups in total. The number of carbonyl (C=O) groups is 2. The Hall–Kier alpha value is -3.85. The smallest absolute Gasteiger partial charge is 0.243 e. The van der Waals surface area contributed by atoms with Crippen molar-refractivity contribution in [3.8, 4) is 5.75 Å². The first-order valence-corrected chi connectivity index (χ1v) is 16.8. The highest BCUT2D eigenvalue weighted by atomic mass is 32.2. The Bertz CT molecular complexity index is 1430. The van der Waals surface area contributed by atoms with Crippen LogP contribution < -0.4 is 14.4 Å². The van der Waals surface area contributed by atoms with Crippen molar-refractivity contribution in [2.24, 2.45) is 0 Å². The van der Waals surface area contributed by atoms with Crippen molar-refractivity contribution in [3.63, 3.8) is 0 Å². The molecule has 2 amide bonds. The average molecular weight is 608 g/mol. The maximum atomic E-state index is 14.0. The van der Waals surface area contributed by atoms with Gasteiger partial charge in [0.25, 0.3) is 0 Å². The second kappa shape index (κ2) is 16.1. The second-order valence-corrected chi connectivity index (χ2v) is 12.7. The highest BCUT2D eigenvalue weighted by Gasteiger charge is 2.31. The van der Waals surface area contributed by atoms with Gasteiger partial charge in [-0.25, -0.2) is 8.42 Å². The fraction of sp³-hybridized carbons (Fsp3) is 0.412. The highest BCUT2D eigenvalue weighted by molar-refractivity contribution is 7.92. The molecule has 0 bridgehead atoms. The molecule has 3 rings (SSSR count). The van der Waals surface area contributed by atoms with Gasteiger partial charge < -0.3 is 15.0 Å². The van der Waals surface area contributed by atoms with Crippen LogP contribution >= 0.6 is 0 Å². The van der Waals surface area contributed by atoms with Gasteiger partial charge in [0.05, 0.1) is 18.6 Å². The van der Waals surface area contributed by atoms with Crippen molar-refractivity contribution in [2.75, 3.05) is 23.7 Å². The summed E-state index contributed by atoms with van der Waals surface area (Å²) in [5.74, 6) is 0.248. The van der Waals surface area contributed by atoms with E-state index in [1.165, 1.54) is 4.31 Å². The van der Waals surface area contributed by atoms with E-state index in [4.69, 9.17) is 4.74 Å². The van der Waals surface area contributed by atoms with E-state index < -0.39 is 16.1 Å². The summed E-state index contributed by atoms with van der Waals surface area (Å²) in [6.45, 7) is 8.73. The van der Waals surface area contributed by atoms with Crippen LogP contribution in [0.3, 0.4) is 0 Å². The molecular formula is C34H45N3O5S. The molecule has 9 heteroatoms. The molecule has 0 aliphatic heterocycles. The fourth-order valence-electron chi connectivity index (χ4n) is 4.85. The molecule has 3 aromatic rings. The monoisotopic (exact) mass is 607 g/mol. The fourth-order valence-corrected chi connectivity index (χ4v) is 5.81. The van der Waals surface area contributed by atoms with Gasteiger partial charge in [0, 0.05) is 32.0 Å². The number of hydrogen-bond donors (Lipinski definition) is 1. The Kier molecular flexibility index (Phi) is 12.6. The number of sulfonamides is 1. The summed E-state index contributed by atoms with van der Waals surface area (Å²) < 4.78 is 32.2. The number of hydrogen-bond acceptors (Lipinski definition) is 5. The molecule has 0 aliphatic rings. The van der Waals surface area contributed by atoms with Crippen LogP contribution in [0.15, 0.2) is 78.9 Å². The molecule has 0 fully saturated rings. The van der Waals surface area contributed by atoms with E-state index in [1.807, 2.05) is 82.3 Å². The maximum absolute atomic E-state index is 14.0. The molecule has 0 aromatic heterocycles. The van der Waals surface area contributed by atoms with Crippen LogP contribution in [0.2, 0.25) is 0 Å². The van der Waals surface area contributed by atoms with E-state index in [0.717, 1.165) is 29.4 Å². The van der Waals surface area contributed by atoms with Crippen LogP contribution in [-0.4, -0.2) is 56.6 Å². The number of amides is 2. The third-order valence-corrected chi connectivity index (χ3v) is 8.66. The number of ether oxygens (including phenoxy) is 1. The average Bonchev–Trinajstić information content (AvgIpc) is 2.98. The van der Waals surface area contributed by atoms with Gasteiger partial charge >= 0.3 is 0 Å². The van der Waals surface area contributed by atoms with Crippen LogP contribution in [0, 0.1) is 6.92 Å². The Morgan fingerprint density at radius 3 is 2.19 bits per heavy atom. The zero-order valence-electron chi connectivity index (χ0n) is 26.0. The summed E-state index contributed by atoms with van der Waals surface area (Å²) in [5, 5.41) is 3.08. The SMILES string of the molecule is CCOc1ccc(N(CCCC(=O)N(Cc2ccccc2C)C(Cc2ccccc2)C(=O)NC(C)CC)S(C)(=O)=O)cc1. The van der Waals surface area contributed by atoms with Crippen LogP contribution in [0.4, 0.5) is 5.69 Å². The zero-order valence-corrected chi connectivity index (χ0v) is 26.8. The molecule has 2 unspecified atom stereocenters. The minimum absolute atomic E-state index is 0.0429. The van der Waals surface area contributed by atoms with E-state index >= 15 is 0 Å². The van der Waals surface area contributed by atoms with Gasteiger partial charge in [-0.3, -0.25) is 13.9 Å². The molecule has 2 atom stereocenters. The van der Waals surface area contributed by atoms with Gasteiger partial charge in [-0.15, -0.1) is 0 Å². The molecular weight excluding hydrogens is 562 g/mol. The Labute approximate surface area is 257 Å². The minimum atomic E-state index is -3.60. The number of anilines is 1. The quantitative estimate of drug-likeness (QED) is 0.232. The lowest BCUT2D eigenvalue weighted by Gasteiger charge is -2.33. The summed E-state index contributed by atoms with van der Waals surface area (Å²) in [4.78, 5) is 29.4. The summed E-state index contributed by atoms with van der Waals surface area (Å²) >= 11 is 0. The number of rotatable bonds is 16. The van der Waals surface area contributed by atoms with Gasteiger partial charge in [0.2, 0.25) is 21.8 Å². The minimum Gasteiger partial charge on any atom is -0.494 e. The summed E-state index contributed by atoms with van der Waals surface area (Å²) in [6, 6.07) is 23.6. The summed E-state index contributed by atoms with van der Waals surface area (Å²) in [7, 11) is -3.60. The first-order valence-electron chi connectivity index (χ1n) is 14.9. The van der Waals surface area contributed by atoms with Gasteiger partial charge in [-0.05, 0) is 74.6 Å². The predicted molar refractivity (Wildman–Crippen MR) is 173 cm³/mol. The van der Waals surface area contributed by atoms with Gasteiger partial charge in [-0.1, -0.05) is 61.5 Å². The second-order valence-electron chi connectivity index (χ2n) is 10.8. The molecule has 0 spiro atoms. The molecule has 232 valence electrons. The van der Waals surface area contributed by atoms with Gasteiger partial charge in [-0.2, -0.15) is 0 Å². The molecule has 0 aliphatic carbocycles. The number of aryl methyl sites for hydroxylation is 1. The van der Waals surface area contributed by atoms with Crippen LogP contribution in [0.5, 0.6) is 5.75 Å². The van der Waals surface area contributed by atoms with E-state index in [0.29, 0.717) is 24.5 Å². The lowest BCUT2D eigenvalue weighted by molar-refractivity contribution is -0.141. The zero-order chi connectivity index (χ0) is 31.4. The number of nitrogens with zero attached hydrogens (tertiary/aromatic N) is 2. The van der Waals surface area contributed by atoms with Crippen molar-refractivity contribution in [1.82, 2.24) is 10.2 Å².